The lowest BCUT2D eigenvalue weighted by atomic mass is 10.1. The van der Waals surface area contributed by atoms with Crippen LogP contribution >= 0.6 is 0 Å². The van der Waals surface area contributed by atoms with Gasteiger partial charge >= 0.3 is 5.97 Å². The summed E-state index contributed by atoms with van der Waals surface area (Å²) < 4.78 is 9.91. The number of esters is 1. The molecule has 0 spiro atoms. The molecule has 0 radical (unpaired) electrons. The fraction of sp³-hybridized carbons (Fsp3) is 0.231. The summed E-state index contributed by atoms with van der Waals surface area (Å²) in [6.07, 6.45) is 0.385. The van der Waals surface area contributed by atoms with Crippen LogP contribution in [0.5, 0.6) is 0 Å². The van der Waals surface area contributed by atoms with Crippen molar-refractivity contribution in [2.45, 2.75) is 13.3 Å². The Labute approximate surface area is 106 Å². The predicted molar refractivity (Wildman–Crippen MR) is 68.6 cm³/mol. The van der Waals surface area contributed by atoms with Gasteiger partial charge in [0.25, 0.3) is 0 Å². The van der Waals surface area contributed by atoms with Crippen molar-refractivity contribution in [1.82, 2.24) is 0 Å². The van der Waals surface area contributed by atoms with E-state index in [1.165, 1.54) is 0 Å². The summed E-state index contributed by atoms with van der Waals surface area (Å²) in [4.78, 5) is 11.3. The number of benzene rings is 1. The van der Waals surface area contributed by atoms with Gasteiger partial charge in [0, 0.05) is 0 Å². The molecule has 0 saturated carbocycles. The zero-order chi connectivity index (χ0) is 13.4. The minimum Gasteiger partial charge on any atom is -0.460 e. The van der Waals surface area contributed by atoms with Crippen LogP contribution in [0.1, 0.15) is 12.5 Å². The maximum atomic E-state index is 11.3. The minimum atomic E-state index is -0.619. The largest absolute Gasteiger partial charge is 0.460 e. The molecule has 18 heavy (non-hydrogen) atoms. The highest BCUT2D eigenvalue weighted by atomic mass is 16.6. The Morgan fingerprint density at radius 2 is 2.06 bits per heavy atom. The molecule has 0 aliphatic heterocycles. The van der Waals surface area contributed by atoms with E-state index in [-0.39, 0.29) is 18.3 Å². The third kappa shape index (κ3) is 4.29. The van der Waals surface area contributed by atoms with Gasteiger partial charge in [-0.3, -0.25) is 0 Å². The van der Waals surface area contributed by atoms with Crippen molar-refractivity contribution in [1.29, 1.82) is 0 Å². The molecule has 0 aliphatic rings. The number of carbonyl (C=O) groups excluding carboxylic acids is 1. The van der Waals surface area contributed by atoms with Gasteiger partial charge in [0.05, 0.1) is 13.0 Å². The molecule has 0 saturated heterocycles. The molecule has 0 aromatic heterocycles. The molecular formula is C13H16N2O3. The van der Waals surface area contributed by atoms with E-state index in [2.05, 4.69) is 11.7 Å². The van der Waals surface area contributed by atoms with E-state index in [1.807, 2.05) is 30.3 Å². The summed E-state index contributed by atoms with van der Waals surface area (Å²) in [5, 5.41) is 3.49. The first kappa shape index (κ1) is 13.8. The normalized spacial score (nSPS) is 10.8. The van der Waals surface area contributed by atoms with Crippen molar-refractivity contribution in [2.75, 3.05) is 6.61 Å². The molecule has 0 atom stereocenters. The standard InChI is InChI=1S/C13H16N2O3/c1-3-17-13(16)10(2)18-12(15-14)9-11-7-5-4-6-8-11/h4-8H,2-3,9,14H2,1H3/b15-12-. The van der Waals surface area contributed by atoms with E-state index in [0.29, 0.717) is 6.42 Å². The highest BCUT2D eigenvalue weighted by Crippen LogP contribution is 2.05. The monoisotopic (exact) mass is 248 g/mol. The zero-order valence-electron chi connectivity index (χ0n) is 10.3. The Morgan fingerprint density at radius 1 is 1.39 bits per heavy atom. The zero-order valence-corrected chi connectivity index (χ0v) is 10.3. The molecule has 1 aromatic carbocycles. The van der Waals surface area contributed by atoms with Crippen molar-refractivity contribution in [3.8, 4) is 0 Å². The van der Waals surface area contributed by atoms with E-state index in [0.717, 1.165) is 5.56 Å². The number of rotatable bonds is 5. The Hall–Kier alpha value is -2.30. The van der Waals surface area contributed by atoms with Crippen LogP contribution in [-0.4, -0.2) is 18.5 Å². The number of hydrazone groups is 1. The molecule has 0 fully saturated rings. The number of ether oxygens (including phenoxy) is 2. The van der Waals surface area contributed by atoms with Crippen LogP contribution in [0.4, 0.5) is 0 Å². The predicted octanol–water partition coefficient (Wildman–Crippen LogP) is 1.59. The topological polar surface area (TPSA) is 73.9 Å². The van der Waals surface area contributed by atoms with Crippen LogP contribution < -0.4 is 5.84 Å². The summed E-state index contributed by atoms with van der Waals surface area (Å²) in [5.74, 6) is 4.67. The van der Waals surface area contributed by atoms with Gasteiger partial charge < -0.3 is 15.3 Å². The lowest BCUT2D eigenvalue weighted by Gasteiger charge is -2.09. The van der Waals surface area contributed by atoms with E-state index >= 15 is 0 Å². The van der Waals surface area contributed by atoms with Crippen molar-refractivity contribution >= 4 is 11.9 Å². The van der Waals surface area contributed by atoms with Crippen molar-refractivity contribution in [3.05, 3.63) is 48.2 Å². The molecule has 0 aliphatic carbocycles. The van der Waals surface area contributed by atoms with Crippen LogP contribution in [0.15, 0.2) is 47.8 Å². The molecule has 0 heterocycles. The minimum absolute atomic E-state index is 0.128. The van der Waals surface area contributed by atoms with Gasteiger partial charge in [-0.1, -0.05) is 30.3 Å². The average molecular weight is 248 g/mol. The fourth-order valence-electron chi connectivity index (χ4n) is 1.27. The SMILES string of the molecule is C=C(O/C(Cc1ccccc1)=N\N)C(=O)OCC. The van der Waals surface area contributed by atoms with Crippen molar-refractivity contribution in [2.24, 2.45) is 10.9 Å². The first-order chi connectivity index (χ1) is 8.67. The third-order valence-corrected chi connectivity index (χ3v) is 2.09. The second-order valence-corrected chi connectivity index (χ2v) is 3.43. The van der Waals surface area contributed by atoms with Crippen LogP contribution in [0.2, 0.25) is 0 Å². The Bertz CT molecular complexity index is 441. The summed E-state index contributed by atoms with van der Waals surface area (Å²) in [5.41, 5.74) is 0.971. The van der Waals surface area contributed by atoms with Gasteiger partial charge in [-0.05, 0) is 19.1 Å². The van der Waals surface area contributed by atoms with Gasteiger partial charge in [-0.2, -0.15) is 0 Å². The van der Waals surface area contributed by atoms with Crippen LogP contribution in [0.3, 0.4) is 0 Å². The summed E-state index contributed by atoms with van der Waals surface area (Å²) in [6, 6.07) is 9.50. The number of nitrogens with zero attached hydrogens (tertiary/aromatic N) is 1. The summed E-state index contributed by atoms with van der Waals surface area (Å²) in [7, 11) is 0. The molecule has 5 nitrogen and oxygen atoms in total. The molecule has 0 unspecified atom stereocenters. The smallest absolute Gasteiger partial charge is 0.373 e. The maximum Gasteiger partial charge on any atom is 0.373 e. The van der Waals surface area contributed by atoms with E-state index in [1.54, 1.807) is 6.92 Å². The van der Waals surface area contributed by atoms with Crippen molar-refractivity contribution < 1.29 is 14.3 Å². The molecule has 2 N–H and O–H groups in total. The molecule has 96 valence electrons. The van der Waals surface area contributed by atoms with Gasteiger partial charge in [0.1, 0.15) is 0 Å². The average Bonchev–Trinajstić information content (AvgIpc) is 2.39. The summed E-state index contributed by atoms with van der Waals surface area (Å²) in [6.45, 7) is 5.43. The van der Waals surface area contributed by atoms with Crippen LogP contribution in [-0.2, 0) is 20.7 Å². The number of carbonyl (C=O) groups is 1. The number of nitrogens with two attached hydrogens (primary N) is 1. The van der Waals surface area contributed by atoms with Gasteiger partial charge in [0.2, 0.25) is 11.7 Å². The highest BCUT2D eigenvalue weighted by molar-refractivity contribution is 5.90. The quantitative estimate of drug-likeness (QED) is 0.163. The molecule has 0 bridgehead atoms. The van der Waals surface area contributed by atoms with Crippen LogP contribution in [0, 0.1) is 0 Å². The second kappa shape index (κ2) is 7.11. The molecule has 0 amide bonds. The van der Waals surface area contributed by atoms with E-state index < -0.39 is 5.97 Å². The lowest BCUT2D eigenvalue weighted by molar-refractivity contribution is -0.141. The maximum absolute atomic E-state index is 11.3. The third-order valence-electron chi connectivity index (χ3n) is 2.09. The highest BCUT2D eigenvalue weighted by Gasteiger charge is 2.13. The molecule has 1 rings (SSSR count). The number of hydrogen-bond acceptors (Lipinski definition) is 5. The first-order valence-electron chi connectivity index (χ1n) is 5.52. The Morgan fingerprint density at radius 3 is 2.61 bits per heavy atom. The first-order valence-corrected chi connectivity index (χ1v) is 5.52. The van der Waals surface area contributed by atoms with E-state index in [9.17, 15) is 4.79 Å². The van der Waals surface area contributed by atoms with Gasteiger partial charge in [0.15, 0.2) is 0 Å². The van der Waals surface area contributed by atoms with Gasteiger partial charge in [-0.15, -0.1) is 5.10 Å². The van der Waals surface area contributed by atoms with Crippen LogP contribution in [0.25, 0.3) is 0 Å². The number of hydrogen-bond donors (Lipinski definition) is 1. The Balaban J connectivity index is 2.59. The molecule has 1 aromatic rings. The van der Waals surface area contributed by atoms with Crippen molar-refractivity contribution in [3.63, 3.8) is 0 Å². The summed E-state index contributed by atoms with van der Waals surface area (Å²) >= 11 is 0. The van der Waals surface area contributed by atoms with E-state index in [4.69, 9.17) is 15.3 Å². The second-order valence-electron chi connectivity index (χ2n) is 3.43. The Kier molecular flexibility index (Phi) is 5.44. The molecule has 5 heteroatoms. The molecular weight excluding hydrogens is 232 g/mol. The fourth-order valence-corrected chi connectivity index (χ4v) is 1.27. The van der Waals surface area contributed by atoms with Gasteiger partial charge in [-0.25, -0.2) is 4.79 Å². The lowest BCUT2D eigenvalue weighted by Crippen LogP contribution is -2.16.